The highest BCUT2D eigenvalue weighted by Crippen LogP contribution is 2.22. The fraction of sp³-hybridized carbons (Fsp3) is 0.391. The molecule has 1 atom stereocenters. The van der Waals surface area contributed by atoms with E-state index in [9.17, 15) is 4.39 Å². The van der Waals surface area contributed by atoms with Gasteiger partial charge in [0.05, 0.1) is 18.3 Å². The molecule has 1 aliphatic heterocycles. The highest BCUT2D eigenvalue weighted by atomic mass is 19.1. The molecule has 0 aliphatic carbocycles. The van der Waals surface area contributed by atoms with Gasteiger partial charge in [0.2, 0.25) is 5.95 Å². The predicted molar refractivity (Wildman–Crippen MR) is 114 cm³/mol. The third-order valence-corrected chi connectivity index (χ3v) is 5.60. The van der Waals surface area contributed by atoms with Gasteiger partial charge < -0.3 is 15.0 Å². The number of ether oxygens (including phenoxy) is 1. The van der Waals surface area contributed by atoms with Gasteiger partial charge in [-0.05, 0) is 62.1 Å². The van der Waals surface area contributed by atoms with Crippen LogP contribution in [0, 0.1) is 12.7 Å². The van der Waals surface area contributed by atoms with Gasteiger partial charge in [-0.25, -0.2) is 14.4 Å². The number of benzene rings is 2. The second-order valence-corrected chi connectivity index (χ2v) is 7.61. The first-order valence-corrected chi connectivity index (χ1v) is 10.2. The number of hydrogen-bond acceptors (Lipinski definition) is 5. The van der Waals surface area contributed by atoms with Crippen LogP contribution in [0.15, 0.2) is 42.5 Å². The van der Waals surface area contributed by atoms with Crippen LogP contribution in [-0.4, -0.2) is 36.2 Å². The van der Waals surface area contributed by atoms with Gasteiger partial charge in [0.15, 0.2) is 0 Å². The maximum absolute atomic E-state index is 13.5. The molecule has 2 aromatic carbocycles. The van der Waals surface area contributed by atoms with Crippen LogP contribution in [0.1, 0.15) is 30.5 Å². The Labute approximate surface area is 170 Å². The Morgan fingerprint density at radius 1 is 1.10 bits per heavy atom. The largest absolute Gasteiger partial charge is 0.497 e. The molecule has 0 unspecified atom stereocenters. The Hall–Kier alpha value is -2.73. The predicted octanol–water partition coefficient (Wildman–Crippen LogP) is 4.23. The summed E-state index contributed by atoms with van der Waals surface area (Å²) >= 11 is 0. The maximum atomic E-state index is 13.5. The van der Waals surface area contributed by atoms with Gasteiger partial charge in [0.1, 0.15) is 11.6 Å². The molecule has 0 amide bonds. The summed E-state index contributed by atoms with van der Waals surface area (Å²) in [5.41, 5.74) is 2.88. The average molecular weight is 394 g/mol. The molecule has 1 aliphatic rings. The summed E-state index contributed by atoms with van der Waals surface area (Å²) in [5, 5.41) is 4.46. The van der Waals surface area contributed by atoms with Crippen molar-refractivity contribution in [2.75, 3.05) is 25.1 Å². The number of halogens is 1. The van der Waals surface area contributed by atoms with E-state index in [-0.39, 0.29) is 5.82 Å². The molecule has 3 aromatic rings. The van der Waals surface area contributed by atoms with E-state index >= 15 is 0 Å². The van der Waals surface area contributed by atoms with Crippen LogP contribution in [0.2, 0.25) is 0 Å². The van der Waals surface area contributed by atoms with Gasteiger partial charge in [-0.15, -0.1) is 0 Å². The van der Waals surface area contributed by atoms with Crippen LogP contribution in [0.4, 0.5) is 10.3 Å². The lowest BCUT2D eigenvalue weighted by Gasteiger charge is -2.21. The van der Waals surface area contributed by atoms with Crippen molar-refractivity contribution >= 4 is 16.9 Å². The zero-order valence-electron chi connectivity index (χ0n) is 17.0. The van der Waals surface area contributed by atoms with Gasteiger partial charge >= 0.3 is 0 Å². The summed E-state index contributed by atoms with van der Waals surface area (Å²) in [6.07, 6.45) is 3.26. The number of nitrogens with zero attached hydrogens (tertiary/aromatic N) is 3. The number of aromatic nitrogens is 2. The van der Waals surface area contributed by atoms with E-state index in [0.717, 1.165) is 67.2 Å². The Bertz CT molecular complexity index is 977. The van der Waals surface area contributed by atoms with Crippen molar-refractivity contribution in [2.45, 2.75) is 38.8 Å². The minimum atomic E-state index is -0.252. The third kappa shape index (κ3) is 4.65. The number of fused-ring (bicyclic) bond motifs is 1. The van der Waals surface area contributed by atoms with Crippen molar-refractivity contribution in [1.29, 1.82) is 0 Å². The van der Waals surface area contributed by atoms with Crippen molar-refractivity contribution < 1.29 is 9.13 Å². The van der Waals surface area contributed by atoms with E-state index in [2.05, 4.69) is 27.3 Å². The molecule has 0 radical (unpaired) electrons. The van der Waals surface area contributed by atoms with Crippen molar-refractivity contribution in [3.63, 3.8) is 0 Å². The molecule has 152 valence electrons. The molecule has 0 saturated carbocycles. The van der Waals surface area contributed by atoms with Crippen LogP contribution < -0.4 is 15.0 Å². The van der Waals surface area contributed by atoms with E-state index in [4.69, 9.17) is 9.72 Å². The molecule has 1 fully saturated rings. The zero-order valence-corrected chi connectivity index (χ0v) is 17.0. The van der Waals surface area contributed by atoms with Gasteiger partial charge in [-0.1, -0.05) is 12.1 Å². The number of methoxy groups -OCH3 is 1. The van der Waals surface area contributed by atoms with Crippen LogP contribution in [0.25, 0.3) is 10.9 Å². The third-order valence-electron chi connectivity index (χ3n) is 5.60. The molecule has 1 saturated heterocycles. The fourth-order valence-electron chi connectivity index (χ4n) is 3.89. The molecule has 2 heterocycles. The number of rotatable bonds is 5. The quantitative estimate of drug-likeness (QED) is 0.702. The van der Waals surface area contributed by atoms with Crippen LogP contribution in [-0.2, 0) is 6.54 Å². The molecule has 4 rings (SSSR count). The molecule has 5 nitrogen and oxygen atoms in total. The average Bonchev–Trinajstić information content (AvgIpc) is 2.99. The summed E-state index contributed by atoms with van der Waals surface area (Å²) in [6, 6.07) is 13.4. The van der Waals surface area contributed by atoms with E-state index in [1.54, 1.807) is 13.2 Å². The molecule has 6 heteroatoms. The number of hydrogen-bond donors (Lipinski definition) is 1. The first-order valence-electron chi connectivity index (χ1n) is 10.2. The smallest absolute Gasteiger partial charge is 0.226 e. The lowest BCUT2D eigenvalue weighted by atomic mass is 10.1. The van der Waals surface area contributed by atoms with Crippen LogP contribution in [0.3, 0.4) is 0 Å². The van der Waals surface area contributed by atoms with Gasteiger partial charge in [0.25, 0.3) is 0 Å². The molecule has 1 aromatic heterocycles. The van der Waals surface area contributed by atoms with E-state index in [1.165, 1.54) is 17.7 Å². The van der Waals surface area contributed by atoms with Gasteiger partial charge in [-0.2, -0.15) is 0 Å². The monoisotopic (exact) mass is 394 g/mol. The lowest BCUT2D eigenvalue weighted by molar-refractivity contribution is 0.414. The summed E-state index contributed by atoms with van der Waals surface area (Å²) in [4.78, 5) is 11.6. The fourth-order valence-corrected chi connectivity index (χ4v) is 3.89. The molecule has 0 spiro atoms. The topological polar surface area (TPSA) is 50.3 Å². The Kier molecular flexibility index (Phi) is 5.90. The summed E-state index contributed by atoms with van der Waals surface area (Å²) < 4.78 is 18.7. The summed E-state index contributed by atoms with van der Waals surface area (Å²) in [6.45, 7) is 4.62. The van der Waals surface area contributed by atoms with Crippen molar-refractivity contribution in [2.24, 2.45) is 0 Å². The maximum Gasteiger partial charge on any atom is 0.226 e. The lowest BCUT2D eigenvalue weighted by Crippen LogP contribution is -2.31. The summed E-state index contributed by atoms with van der Waals surface area (Å²) in [5.74, 6) is 1.38. The Balaban J connectivity index is 1.39. The SMILES string of the molecule is COc1ccc(CN[C@@H]2CCCN(c3nc(C)c4cc(F)ccc4n3)CC2)cc1. The second kappa shape index (κ2) is 8.74. The highest BCUT2D eigenvalue weighted by Gasteiger charge is 2.19. The zero-order chi connectivity index (χ0) is 20.2. The van der Waals surface area contributed by atoms with E-state index in [1.807, 2.05) is 19.1 Å². The molecular weight excluding hydrogens is 367 g/mol. The van der Waals surface area contributed by atoms with Crippen molar-refractivity contribution in [3.8, 4) is 5.75 Å². The number of anilines is 1. The van der Waals surface area contributed by atoms with Crippen LogP contribution >= 0.6 is 0 Å². The Morgan fingerprint density at radius 2 is 1.93 bits per heavy atom. The molecular formula is C23H27FN4O. The minimum absolute atomic E-state index is 0.252. The Morgan fingerprint density at radius 3 is 2.72 bits per heavy atom. The number of nitrogens with one attached hydrogen (secondary N) is 1. The minimum Gasteiger partial charge on any atom is -0.497 e. The number of aryl methyl sites for hydroxylation is 1. The van der Waals surface area contributed by atoms with E-state index < -0.39 is 0 Å². The standard InChI is InChI=1S/C23H27FN4O/c1-16-21-14-18(24)7-10-22(21)27-23(26-16)28-12-3-4-19(11-13-28)25-15-17-5-8-20(29-2)9-6-17/h5-10,14,19,25H,3-4,11-13,15H2,1-2H3/t19-/m1/s1. The summed E-state index contributed by atoms with van der Waals surface area (Å²) in [7, 11) is 1.68. The second-order valence-electron chi connectivity index (χ2n) is 7.61. The van der Waals surface area contributed by atoms with E-state index in [0.29, 0.717) is 6.04 Å². The first-order chi connectivity index (χ1) is 14.1. The molecule has 1 N–H and O–H groups in total. The first kappa shape index (κ1) is 19.6. The molecule has 0 bridgehead atoms. The van der Waals surface area contributed by atoms with Crippen molar-refractivity contribution in [1.82, 2.24) is 15.3 Å². The van der Waals surface area contributed by atoms with Crippen LogP contribution in [0.5, 0.6) is 5.75 Å². The van der Waals surface area contributed by atoms with Gasteiger partial charge in [-0.3, -0.25) is 0 Å². The van der Waals surface area contributed by atoms with Crippen molar-refractivity contribution in [3.05, 3.63) is 59.5 Å². The normalized spacial score (nSPS) is 17.3. The van der Waals surface area contributed by atoms with Gasteiger partial charge in [0, 0.05) is 31.1 Å². The molecule has 29 heavy (non-hydrogen) atoms. The highest BCUT2D eigenvalue weighted by molar-refractivity contribution is 5.81.